The lowest BCUT2D eigenvalue weighted by Gasteiger charge is -2.11. The number of nitrogens with one attached hydrogen (secondary N) is 2. The van der Waals surface area contributed by atoms with Gasteiger partial charge in [0.25, 0.3) is 5.91 Å². The minimum absolute atomic E-state index is 0.0762. The zero-order chi connectivity index (χ0) is 12.8. The Bertz CT molecular complexity index is 468. The molecular weight excluding hydrogens is 228 g/mol. The van der Waals surface area contributed by atoms with E-state index in [2.05, 4.69) is 15.0 Å². The predicted molar refractivity (Wildman–Crippen MR) is 57.8 cm³/mol. The summed E-state index contributed by atoms with van der Waals surface area (Å²) in [5, 5.41) is 11.0. The summed E-state index contributed by atoms with van der Waals surface area (Å²) < 4.78 is 4.63. The zero-order valence-electron chi connectivity index (χ0n) is 9.10. The van der Waals surface area contributed by atoms with Crippen molar-refractivity contribution in [3.05, 3.63) is 34.2 Å². The number of H-pyrrole nitrogens is 1. The Morgan fingerprint density at radius 1 is 1.59 bits per heavy atom. The van der Waals surface area contributed by atoms with Gasteiger partial charge < -0.3 is 20.1 Å². The van der Waals surface area contributed by atoms with E-state index in [0.29, 0.717) is 0 Å². The molecule has 3 N–H and O–H groups in total. The lowest BCUT2D eigenvalue weighted by Crippen LogP contribution is -2.39. The molecule has 1 aromatic rings. The van der Waals surface area contributed by atoms with Crippen molar-refractivity contribution in [3.63, 3.8) is 0 Å². The lowest BCUT2D eigenvalue weighted by atomic mass is 10.2. The summed E-state index contributed by atoms with van der Waals surface area (Å²) >= 11 is 0. The molecule has 1 rings (SSSR count). The van der Waals surface area contributed by atoms with Crippen molar-refractivity contribution >= 4 is 11.9 Å². The molecule has 0 saturated heterocycles. The van der Waals surface area contributed by atoms with Crippen LogP contribution in [0.4, 0.5) is 0 Å². The number of methoxy groups -OCH3 is 1. The van der Waals surface area contributed by atoms with E-state index in [0.717, 1.165) is 0 Å². The highest BCUT2D eigenvalue weighted by atomic mass is 16.5. The van der Waals surface area contributed by atoms with E-state index in [1.807, 2.05) is 0 Å². The van der Waals surface area contributed by atoms with Crippen LogP contribution in [0.5, 0.6) is 0 Å². The molecule has 0 bridgehead atoms. The van der Waals surface area contributed by atoms with E-state index >= 15 is 0 Å². The number of aromatic amines is 1. The van der Waals surface area contributed by atoms with Gasteiger partial charge in [-0.25, -0.2) is 4.79 Å². The van der Waals surface area contributed by atoms with Gasteiger partial charge in [0.15, 0.2) is 11.5 Å². The molecule has 0 fully saturated rings. The molecule has 1 heterocycles. The molecule has 0 spiro atoms. The highest BCUT2D eigenvalue weighted by molar-refractivity contribution is 5.94. The minimum atomic E-state index is -1.19. The van der Waals surface area contributed by atoms with Crippen molar-refractivity contribution in [2.75, 3.05) is 13.7 Å². The second-order valence-corrected chi connectivity index (χ2v) is 3.19. The van der Waals surface area contributed by atoms with Crippen LogP contribution in [-0.4, -0.2) is 41.7 Å². The molecule has 0 aliphatic carbocycles. The zero-order valence-corrected chi connectivity index (χ0v) is 9.10. The molecule has 1 atom stereocenters. The Hall–Kier alpha value is -2.15. The number of carbonyl (C=O) groups excluding carboxylic acids is 1. The molecule has 0 aromatic carbocycles. The molecule has 7 heteroatoms. The first kappa shape index (κ1) is 12.9. The van der Waals surface area contributed by atoms with E-state index in [1.165, 1.54) is 25.6 Å². The quantitative estimate of drug-likeness (QED) is 0.624. The van der Waals surface area contributed by atoms with Crippen molar-refractivity contribution in [2.24, 2.45) is 0 Å². The van der Waals surface area contributed by atoms with Crippen molar-refractivity contribution in [2.45, 2.75) is 6.10 Å². The smallest absolute Gasteiger partial charge is 0.334 e. The Morgan fingerprint density at radius 3 is 2.82 bits per heavy atom. The van der Waals surface area contributed by atoms with E-state index in [-0.39, 0.29) is 12.1 Å². The second-order valence-electron chi connectivity index (χ2n) is 3.19. The number of aliphatic carboxylic acids is 1. The number of carboxylic acid groups (broad SMARTS) is 1. The molecule has 0 radical (unpaired) electrons. The van der Waals surface area contributed by atoms with Gasteiger partial charge in [0.2, 0.25) is 0 Å². The highest BCUT2D eigenvalue weighted by Crippen LogP contribution is 1.91. The largest absolute Gasteiger partial charge is 0.479 e. The molecule has 0 saturated carbocycles. The molecule has 92 valence electrons. The molecule has 0 aliphatic heterocycles. The van der Waals surface area contributed by atoms with E-state index in [4.69, 9.17) is 5.11 Å². The third kappa shape index (κ3) is 3.42. The van der Waals surface area contributed by atoms with Crippen LogP contribution in [0, 0.1) is 0 Å². The average molecular weight is 240 g/mol. The topological polar surface area (TPSA) is 108 Å². The number of amides is 1. The van der Waals surface area contributed by atoms with Crippen molar-refractivity contribution < 1.29 is 19.4 Å². The Morgan fingerprint density at radius 2 is 2.29 bits per heavy atom. The third-order valence-electron chi connectivity index (χ3n) is 2.08. The summed E-state index contributed by atoms with van der Waals surface area (Å²) in [5.41, 5.74) is -0.515. The number of carboxylic acids is 1. The number of carbonyl (C=O) groups is 2. The van der Waals surface area contributed by atoms with E-state index < -0.39 is 23.4 Å². The summed E-state index contributed by atoms with van der Waals surface area (Å²) in [7, 11) is 1.22. The van der Waals surface area contributed by atoms with E-state index in [9.17, 15) is 14.4 Å². The minimum Gasteiger partial charge on any atom is -0.479 e. The number of ether oxygens (including phenoxy) is 1. The molecule has 1 aromatic heterocycles. The number of rotatable bonds is 5. The van der Waals surface area contributed by atoms with Gasteiger partial charge >= 0.3 is 5.97 Å². The van der Waals surface area contributed by atoms with Crippen LogP contribution in [0.2, 0.25) is 0 Å². The first-order chi connectivity index (χ1) is 8.06. The van der Waals surface area contributed by atoms with Gasteiger partial charge in [-0.2, -0.15) is 0 Å². The fourth-order valence-electron chi connectivity index (χ4n) is 1.15. The van der Waals surface area contributed by atoms with Crippen LogP contribution in [0.3, 0.4) is 0 Å². The van der Waals surface area contributed by atoms with Crippen LogP contribution >= 0.6 is 0 Å². The van der Waals surface area contributed by atoms with Gasteiger partial charge in [0.05, 0.1) is 6.54 Å². The fourth-order valence-corrected chi connectivity index (χ4v) is 1.15. The van der Waals surface area contributed by atoms with Crippen molar-refractivity contribution in [3.8, 4) is 0 Å². The predicted octanol–water partition coefficient (Wildman–Crippen LogP) is -0.796. The standard InChI is InChI=1S/C10H12N2O5/c1-17-8(10(15)16)5-12-9(14)6-4-11-3-2-7(6)13/h2-4,8H,5H2,1H3,(H,11,13)(H,12,14)(H,15,16). The first-order valence-electron chi connectivity index (χ1n) is 4.77. The number of aromatic nitrogens is 1. The normalized spacial score (nSPS) is 11.8. The maximum Gasteiger partial charge on any atom is 0.334 e. The second kappa shape index (κ2) is 5.80. The molecule has 17 heavy (non-hydrogen) atoms. The summed E-state index contributed by atoms with van der Waals surface area (Å²) in [6, 6.07) is 1.21. The van der Waals surface area contributed by atoms with Crippen LogP contribution in [-0.2, 0) is 9.53 Å². The van der Waals surface area contributed by atoms with Gasteiger partial charge in [-0.05, 0) is 0 Å². The van der Waals surface area contributed by atoms with Gasteiger partial charge in [-0.3, -0.25) is 9.59 Å². The number of hydrogen-bond acceptors (Lipinski definition) is 4. The Kier molecular flexibility index (Phi) is 4.41. The fraction of sp³-hybridized carbons (Fsp3) is 0.300. The third-order valence-corrected chi connectivity index (χ3v) is 2.08. The van der Waals surface area contributed by atoms with Gasteiger partial charge in [0, 0.05) is 25.6 Å². The molecule has 1 unspecified atom stereocenters. The maximum absolute atomic E-state index is 11.5. The van der Waals surface area contributed by atoms with Gasteiger partial charge in [0.1, 0.15) is 5.56 Å². The number of hydrogen-bond donors (Lipinski definition) is 3. The van der Waals surface area contributed by atoms with Crippen LogP contribution in [0.15, 0.2) is 23.3 Å². The summed E-state index contributed by atoms with van der Waals surface area (Å²) in [4.78, 5) is 36.0. The van der Waals surface area contributed by atoms with Crippen molar-refractivity contribution in [1.29, 1.82) is 0 Å². The summed E-state index contributed by atoms with van der Waals surface area (Å²) in [6.07, 6.45) is 1.51. The highest BCUT2D eigenvalue weighted by Gasteiger charge is 2.18. The first-order valence-corrected chi connectivity index (χ1v) is 4.77. The number of pyridine rings is 1. The van der Waals surface area contributed by atoms with Gasteiger partial charge in [-0.15, -0.1) is 0 Å². The van der Waals surface area contributed by atoms with Crippen molar-refractivity contribution in [1.82, 2.24) is 10.3 Å². The van der Waals surface area contributed by atoms with Crippen LogP contribution in [0.25, 0.3) is 0 Å². The Labute approximate surface area is 96.4 Å². The molecule has 7 nitrogen and oxygen atoms in total. The average Bonchev–Trinajstić information content (AvgIpc) is 2.29. The van der Waals surface area contributed by atoms with E-state index in [1.54, 1.807) is 0 Å². The maximum atomic E-state index is 11.5. The van der Waals surface area contributed by atoms with Crippen LogP contribution in [0.1, 0.15) is 10.4 Å². The monoisotopic (exact) mass is 240 g/mol. The lowest BCUT2D eigenvalue weighted by molar-refractivity contribution is -0.148. The summed E-state index contributed by atoms with van der Waals surface area (Å²) in [6.45, 7) is -0.209. The van der Waals surface area contributed by atoms with Crippen LogP contribution < -0.4 is 10.7 Å². The molecule has 0 aliphatic rings. The molecular formula is C10H12N2O5. The molecule has 1 amide bonds. The Balaban J connectivity index is 2.65. The summed E-state index contributed by atoms with van der Waals surface area (Å²) in [5.74, 6) is -1.83. The SMILES string of the molecule is COC(CNC(=O)c1c[nH]ccc1=O)C(=O)O. The van der Waals surface area contributed by atoms with Gasteiger partial charge in [-0.1, -0.05) is 0 Å².